The molecule has 11 nitrogen and oxygen atoms in total. The van der Waals surface area contributed by atoms with Gasteiger partial charge >= 0.3 is 0 Å². The van der Waals surface area contributed by atoms with Crippen LogP contribution in [0.3, 0.4) is 0 Å². The Balaban J connectivity index is 1.08. The van der Waals surface area contributed by atoms with Gasteiger partial charge in [0, 0.05) is 62.5 Å². The molecule has 2 bridgehead atoms. The summed E-state index contributed by atoms with van der Waals surface area (Å²) >= 11 is 0. The highest BCUT2D eigenvalue weighted by Crippen LogP contribution is 2.31. The molecule has 4 aromatic rings. The molecular formula is C25H26FN9O2. The molecule has 4 fully saturated rings. The molecule has 12 heteroatoms. The minimum Gasteiger partial charge on any atom is -0.395 e. The number of β-amino-alcohol motifs (C(OH)–C–C–N with tert-alkyl or cyclic N) is 1. The molecule has 2 unspecified atom stereocenters. The van der Waals surface area contributed by atoms with Gasteiger partial charge in [0.15, 0.2) is 5.82 Å². The molecule has 37 heavy (non-hydrogen) atoms. The first kappa shape index (κ1) is 22.5. The van der Waals surface area contributed by atoms with E-state index in [-0.39, 0.29) is 36.5 Å². The van der Waals surface area contributed by atoms with Crippen LogP contribution >= 0.6 is 0 Å². The molecule has 4 aliphatic heterocycles. The van der Waals surface area contributed by atoms with E-state index in [0.29, 0.717) is 18.1 Å². The molecular weight excluding hydrogens is 477 g/mol. The fourth-order valence-electron chi connectivity index (χ4n) is 5.24. The summed E-state index contributed by atoms with van der Waals surface area (Å²) in [5, 5.41) is 17.4. The number of aliphatic hydroxyl groups excluding tert-OH is 1. The lowest BCUT2D eigenvalue weighted by atomic mass is 9.99. The smallest absolute Gasteiger partial charge is 0.228 e. The average molecular weight is 504 g/mol. The number of fused-ring (bicyclic) bond motifs is 3. The summed E-state index contributed by atoms with van der Waals surface area (Å²) in [6.07, 6.45) is 8.19. The Labute approximate surface area is 211 Å². The van der Waals surface area contributed by atoms with Gasteiger partial charge in [0.1, 0.15) is 5.69 Å². The summed E-state index contributed by atoms with van der Waals surface area (Å²) in [4.78, 5) is 22.2. The second-order valence-electron chi connectivity index (χ2n) is 9.83. The van der Waals surface area contributed by atoms with Crippen molar-refractivity contribution in [3.05, 3.63) is 48.8 Å². The number of aromatic nitrogens is 6. The van der Waals surface area contributed by atoms with E-state index in [1.54, 1.807) is 12.4 Å². The van der Waals surface area contributed by atoms with Gasteiger partial charge in [0.05, 0.1) is 48.5 Å². The van der Waals surface area contributed by atoms with Crippen LogP contribution in [0, 0.1) is 5.82 Å². The molecule has 8 rings (SSSR count). The molecule has 7 heterocycles. The number of piperidine rings is 1. The van der Waals surface area contributed by atoms with Crippen molar-refractivity contribution in [2.24, 2.45) is 0 Å². The van der Waals surface area contributed by atoms with Crippen molar-refractivity contribution in [3.63, 3.8) is 0 Å². The fourth-order valence-corrected chi connectivity index (χ4v) is 5.24. The standard InChI is InChI=1S/C25H26FN9O2/c26-21-9-27-24(30-17-8-29-35(10-17)18-11-33(12-18)3-4-36)32-23(21)15-1-2-22-16(5-15)7-28-25(31-22)34-13-19-6-20(14-34)37-19/h1-2,5,7-10,18-20,36H,3-4,6,11-14H2,(H,27,30,32). The number of ether oxygens (including phenoxy) is 1. The molecule has 4 aliphatic rings. The molecule has 2 N–H and O–H groups in total. The summed E-state index contributed by atoms with van der Waals surface area (Å²) in [7, 11) is 0. The maximum absolute atomic E-state index is 14.8. The minimum atomic E-state index is -0.510. The third kappa shape index (κ3) is 4.26. The van der Waals surface area contributed by atoms with E-state index in [0.717, 1.165) is 49.2 Å². The number of hydrogen-bond donors (Lipinski definition) is 2. The van der Waals surface area contributed by atoms with Crippen molar-refractivity contribution >= 4 is 28.5 Å². The van der Waals surface area contributed by atoms with Crippen LogP contribution in [0.25, 0.3) is 22.2 Å². The number of likely N-dealkylation sites (tertiary alicyclic amines) is 1. The van der Waals surface area contributed by atoms with Crippen LogP contribution in [0.5, 0.6) is 0 Å². The predicted molar refractivity (Wildman–Crippen MR) is 134 cm³/mol. The van der Waals surface area contributed by atoms with Gasteiger partial charge in [-0.05, 0) is 12.1 Å². The zero-order chi connectivity index (χ0) is 24.9. The van der Waals surface area contributed by atoms with Crippen molar-refractivity contribution in [1.29, 1.82) is 0 Å². The monoisotopic (exact) mass is 503 g/mol. The molecule has 0 saturated carbocycles. The molecule has 3 aromatic heterocycles. The highest BCUT2D eigenvalue weighted by atomic mass is 19.1. The summed E-state index contributed by atoms with van der Waals surface area (Å²) in [5.41, 5.74) is 2.33. The van der Waals surface area contributed by atoms with Crippen LogP contribution in [0.1, 0.15) is 12.5 Å². The quantitative estimate of drug-likeness (QED) is 0.388. The van der Waals surface area contributed by atoms with Gasteiger partial charge in [-0.25, -0.2) is 24.3 Å². The van der Waals surface area contributed by atoms with E-state index in [1.165, 1.54) is 6.20 Å². The maximum Gasteiger partial charge on any atom is 0.228 e. The molecule has 0 amide bonds. The second kappa shape index (κ2) is 8.98. The van der Waals surface area contributed by atoms with Crippen LogP contribution in [0.15, 0.2) is 43.0 Å². The number of nitrogens with one attached hydrogen (secondary N) is 1. The first-order valence-electron chi connectivity index (χ1n) is 12.5. The Kier molecular flexibility index (Phi) is 5.45. The Morgan fingerprint density at radius 2 is 1.89 bits per heavy atom. The second-order valence-corrected chi connectivity index (χ2v) is 9.83. The lowest BCUT2D eigenvalue weighted by Gasteiger charge is -2.46. The molecule has 4 saturated heterocycles. The van der Waals surface area contributed by atoms with Gasteiger partial charge in [-0.1, -0.05) is 6.07 Å². The molecule has 190 valence electrons. The van der Waals surface area contributed by atoms with E-state index < -0.39 is 5.82 Å². The third-order valence-corrected chi connectivity index (χ3v) is 7.21. The van der Waals surface area contributed by atoms with Crippen LogP contribution in [-0.2, 0) is 4.74 Å². The summed E-state index contributed by atoms with van der Waals surface area (Å²) < 4.78 is 22.4. The minimum absolute atomic E-state index is 0.156. The third-order valence-electron chi connectivity index (χ3n) is 7.21. The van der Waals surface area contributed by atoms with Gasteiger partial charge in [-0.2, -0.15) is 5.10 Å². The normalized spacial score (nSPS) is 21.6. The van der Waals surface area contributed by atoms with Gasteiger partial charge < -0.3 is 20.1 Å². The first-order valence-corrected chi connectivity index (χ1v) is 12.5. The molecule has 1 aromatic carbocycles. The zero-order valence-corrected chi connectivity index (χ0v) is 20.0. The number of hydrogen-bond acceptors (Lipinski definition) is 10. The lowest BCUT2D eigenvalue weighted by molar-refractivity contribution is -0.133. The molecule has 0 aliphatic carbocycles. The van der Waals surface area contributed by atoms with E-state index in [4.69, 9.17) is 14.8 Å². The number of benzene rings is 1. The zero-order valence-electron chi connectivity index (χ0n) is 20.0. The van der Waals surface area contributed by atoms with Gasteiger partial charge in [0.25, 0.3) is 0 Å². The summed E-state index contributed by atoms with van der Waals surface area (Å²) in [6.45, 7) is 4.14. The summed E-state index contributed by atoms with van der Waals surface area (Å²) in [5.74, 6) is 0.467. The van der Waals surface area contributed by atoms with Gasteiger partial charge in [-0.3, -0.25) is 9.58 Å². The Morgan fingerprint density at radius 1 is 1.05 bits per heavy atom. The summed E-state index contributed by atoms with van der Waals surface area (Å²) in [6, 6.07) is 5.80. The van der Waals surface area contributed by atoms with E-state index in [2.05, 4.69) is 35.2 Å². The number of rotatable bonds is 7. The largest absolute Gasteiger partial charge is 0.395 e. The van der Waals surface area contributed by atoms with Crippen LogP contribution in [-0.4, -0.2) is 91.3 Å². The van der Waals surface area contributed by atoms with E-state index >= 15 is 0 Å². The highest BCUT2D eigenvalue weighted by molar-refractivity contribution is 5.84. The van der Waals surface area contributed by atoms with E-state index in [1.807, 2.05) is 29.1 Å². The van der Waals surface area contributed by atoms with Crippen molar-refractivity contribution in [1.82, 2.24) is 34.6 Å². The number of aliphatic hydroxyl groups is 1. The Bertz CT molecular complexity index is 1440. The maximum atomic E-state index is 14.8. The van der Waals surface area contributed by atoms with Crippen LogP contribution in [0.4, 0.5) is 22.0 Å². The number of halogens is 1. The molecule has 2 atom stereocenters. The SMILES string of the molecule is OCCN1CC(n2cc(Nc3ncc(F)c(-c4ccc5nc(N6CC7CC(C6)O7)ncc5c4)n3)cn2)C1. The Hall–Kier alpha value is -3.74. The van der Waals surface area contributed by atoms with Gasteiger partial charge in [0.2, 0.25) is 11.9 Å². The fraction of sp³-hybridized carbons (Fsp3) is 0.400. The van der Waals surface area contributed by atoms with Crippen LogP contribution in [0.2, 0.25) is 0 Å². The van der Waals surface area contributed by atoms with Crippen molar-refractivity contribution in [3.8, 4) is 11.3 Å². The molecule has 0 radical (unpaired) electrons. The van der Waals surface area contributed by atoms with E-state index in [9.17, 15) is 4.39 Å². The number of morpholine rings is 1. The van der Waals surface area contributed by atoms with Crippen LogP contribution < -0.4 is 10.2 Å². The highest BCUT2D eigenvalue weighted by Gasteiger charge is 2.39. The van der Waals surface area contributed by atoms with Crippen molar-refractivity contribution in [2.75, 3.05) is 49.5 Å². The van der Waals surface area contributed by atoms with Crippen molar-refractivity contribution in [2.45, 2.75) is 24.7 Å². The first-order chi connectivity index (χ1) is 18.1. The van der Waals surface area contributed by atoms with Crippen molar-refractivity contribution < 1.29 is 14.2 Å². The Morgan fingerprint density at radius 3 is 2.70 bits per heavy atom. The average Bonchev–Trinajstić information content (AvgIpc) is 3.34. The topological polar surface area (TPSA) is 117 Å². The molecule has 0 spiro atoms. The number of anilines is 3. The predicted octanol–water partition coefficient (Wildman–Crippen LogP) is 1.99. The lowest BCUT2D eigenvalue weighted by Crippen LogP contribution is -2.57. The number of nitrogens with zero attached hydrogens (tertiary/aromatic N) is 8. The van der Waals surface area contributed by atoms with Gasteiger partial charge in [-0.15, -0.1) is 0 Å².